The lowest BCUT2D eigenvalue weighted by Crippen LogP contribution is -2.44. The van der Waals surface area contributed by atoms with Crippen LogP contribution < -0.4 is 5.32 Å². The Kier molecular flexibility index (Phi) is 8.42. The molecule has 5 aromatic carbocycles. The van der Waals surface area contributed by atoms with Gasteiger partial charge < -0.3 is 19.9 Å². The molecular weight excluding hydrogens is 566 g/mol. The van der Waals surface area contributed by atoms with E-state index in [1.807, 2.05) is 140 Å². The molecular formula is C38H31NO6. The van der Waals surface area contributed by atoms with Gasteiger partial charge in [0.1, 0.15) is 12.6 Å². The standard InChI is InChI=1S/C38H31NO6/c40-35(45-38(26-14-4-1-5-15-26,27-16-6-2-7-17-27)28-18-8-3-9-19-28)24-34(36(41)42)39-37(43)44-25-33-31-22-12-10-20-29(31)30-21-11-13-23-32(30)33/h1-23,33-34H,24-25H2,(H,39,43)(H,41,42)/t34-/m0/s1. The van der Waals surface area contributed by atoms with Crippen molar-refractivity contribution in [3.8, 4) is 11.1 Å². The molecule has 0 aromatic heterocycles. The van der Waals surface area contributed by atoms with Crippen molar-refractivity contribution in [3.63, 3.8) is 0 Å². The van der Waals surface area contributed by atoms with Gasteiger partial charge in [0.15, 0.2) is 5.60 Å². The highest BCUT2D eigenvalue weighted by atomic mass is 16.6. The second-order valence-corrected chi connectivity index (χ2v) is 10.8. The second kappa shape index (κ2) is 12.9. The van der Waals surface area contributed by atoms with E-state index < -0.39 is 36.1 Å². The number of esters is 1. The summed E-state index contributed by atoms with van der Waals surface area (Å²) in [6.07, 6.45) is -1.55. The summed E-state index contributed by atoms with van der Waals surface area (Å²) in [4.78, 5) is 38.8. The van der Waals surface area contributed by atoms with Crippen LogP contribution in [0.5, 0.6) is 0 Å². The molecule has 0 bridgehead atoms. The van der Waals surface area contributed by atoms with Crippen molar-refractivity contribution < 1.29 is 29.0 Å². The summed E-state index contributed by atoms with van der Waals surface area (Å²) in [5.74, 6) is -2.39. The summed E-state index contributed by atoms with van der Waals surface area (Å²) in [6, 6.07) is 42.1. The Morgan fingerprint density at radius 1 is 0.644 bits per heavy atom. The Morgan fingerprint density at radius 3 is 1.51 bits per heavy atom. The Labute approximate surface area is 261 Å². The first-order valence-corrected chi connectivity index (χ1v) is 14.7. The molecule has 0 saturated carbocycles. The smallest absolute Gasteiger partial charge is 0.407 e. The molecule has 5 aromatic rings. The molecule has 1 amide bonds. The van der Waals surface area contributed by atoms with E-state index >= 15 is 0 Å². The van der Waals surface area contributed by atoms with E-state index in [0.717, 1.165) is 22.3 Å². The van der Waals surface area contributed by atoms with Gasteiger partial charge in [0, 0.05) is 22.6 Å². The summed E-state index contributed by atoms with van der Waals surface area (Å²) >= 11 is 0. The van der Waals surface area contributed by atoms with Crippen LogP contribution >= 0.6 is 0 Å². The van der Waals surface area contributed by atoms with Crippen molar-refractivity contribution >= 4 is 18.0 Å². The van der Waals surface area contributed by atoms with Crippen molar-refractivity contribution in [2.75, 3.05) is 6.61 Å². The van der Waals surface area contributed by atoms with Crippen LogP contribution in [0.2, 0.25) is 0 Å². The first-order valence-electron chi connectivity index (χ1n) is 14.7. The average molecular weight is 598 g/mol. The van der Waals surface area contributed by atoms with E-state index in [4.69, 9.17) is 9.47 Å². The van der Waals surface area contributed by atoms with Crippen LogP contribution in [0.4, 0.5) is 4.79 Å². The van der Waals surface area contributed by atoms with Gasteiger partial charge in [0.2, 0.25) is 0 Å². The van der Waals surface area contributed by atoms with Crippen molar-refractivity contribution in [2.24, 2.45) is 0 Å². The highest BCUT2D eigenvalue weighted by Gasteiger charge is 2.41. The number of nitrogens with one attached hydrogen (secondary N) is 1. The van der Waals surface area contributed by atoms with Crippen LogP contribution in [0.15, 0.2) is 140 Å². The molecule has 6 rings (SSSR count). The van der Waals surface area contributed by atoms with Crippen molar-refractivity contribution in [2.45, 2.75) is 24.0 Å². The van der Waals surface area contributed by atoms with Gasteiger partial charge in [-0.1, -0.05) is 140 Å². The largest absolute Gasteiger partial charge is 0.480 e. The third kappa shape index (κ3) is 5.93. The number of fused-ring (bicyclic) bond motifs is 3. The normalized spacial score (nSPS) is 12.8. The van der Waals surface area contributed by atoms with E-state index in [9.17, 15) is 19.5 Å². The number of carboxylic acid groups (broad SMARTS) is 1. The van der Waals surface area contributed by atoms with E-state index in [0.29, 0.717) is 16.7 Å². The third-order valence-corrected chi connectivity index (χ3v) is 8.11. The molecule has 1 atom stereocenters. The van der Waals surface area contributed by atoms with Gasteiger partial charge in [0.05, 0.1) is 6.42 Å². The molecule has 1 aliphatic rings. The maximum absolute atomic E-state index is 13.6. The fourth-order valence-corrected chi connectivity index (χ4v) is 6.06. The number of hydrogen-bond acceptors (Lipinski definition) is 5. The molecule has 0 fully saturated rings. The molecule has 45 heavy (non-hydrogen) atoms. The van der Waals surface area contributed by atoms with Gasteiger partial charge in [-0.05, 0) is 22.3 Å². The summed E-state index contributed by atoms with van der Waals surface area (Å²) in [5, 5.41) is 12.3. The maximum Gasteiger partial charge on any atom is 0.407 e. The first kappa shape index (κ1) is 29.4. The predicted molar refractivity (Wildman–Crippen MR) is 170 cm³/mol. The fraction of sp³-hybridized carbons (Fsp3) is 0.132. The number of hydrogen-bond donors (Lipinski definition) is 2. The van der Waals surface area contributed by atoms with Crippen LogP contribution in [-0.2, 0) is 24.7 Å². The van der Waals surface area contributed by atoms with Gasteiger partial charge in [-0.15, -0.1) is 0 Å². The number of amides is 1. The lowest BCUT2D eigenvalue weighted by Gasteiger charge is -2.35. The van der Waals surface area contributed by atoms with Crippen LogP contribution in [0.1, 0.15) is 40.2 Å². The second-order valence-electron chi connectivity index (χ2n) is 10.8. The van der Waals surface area contributed by atoms with Crippen molar-refractivity contribution in [1.29, 1.82) is 0 Å². The van der Waals surface area contributed by atoms with Crippen LogP contribution in [0.3, 0.4) is 0 Å². The highest BCUT2D eigenvalue weighted by molar-refractivity contribution is 5.86. The van der Waals surface area contributed by atoms with Gasteiger partial charge in [-0.3, -0.25) is 4.79 Å². The molecule has 0 radical (unpaired) electrons. The van der Waals surface area contributed by atoms with E-state index in [1.165, 1.54) is 0 Å². The quantitative estimate of drug-likeness (QED) is 0.134. The highest BCUT2D eigenvalue weighted by Crippen LogP contribution is 2.44. The Morgan fingerprint density at radius 2 is 1.07 bits per heavy atom. The molecule has 0 heterocycles. The lowest BCUT2D eigenvalue weighted by atomic mass is 9.80. The van der Waals surface area contributed by atoms with Crippen molar-refractivity contribution in [3.05, 3.63) is 167 Å². The summed E-state index contributed by atoms with van der Waals surface area (Å²) < 4.78 is 11.8. The molecule has 2 N–H and O–H groups in total. The molecule has 0 saturated heterocycles. The SMILES string of the molecule is O=C(C[C@H](NC(=O)OCC1c2ccccc2-c2ccccc21)C(=O)O)OC(c1ccccc1)(c1ccccc1)c1ccccc1. The number of aliphatic carboxylic acids is 1. The molecule has 1 aliphatic carbocycles. The minimum absolute atomic E-state index is 0.00970. The third-order valence-electron chi connectivity index (χ3n) is 8.11. The summed E-state index contributed by atoms with van der Waals surface area (Å²) in [7, 11) is 0. The molecule has 7 heteroatoms. The first-order chi connectivity index (χ1) is 22.0. The van der Waals surface area contributed by atoms with Crippen molar-refractivity contribution in [1.82, 2.24) is 5.32 Å². The summed E-state index contributed by atoms with van der Waals surface area (Å²) in [5.41, 5.74) is 4.91. The van der Waals surface area contributed by atoms with Crippen LogP contribution in [-0.4, -0.2) is 35.8 Å². The molecule has 7 nitrogen and oxygen atoms in total. The lowest BCUT2D eigenvalue weighted by molar-refractivity contribution is -0.157. The van der Waals surface area contributed by atoms with E-state index in [1.54, 1.807) is 0 Å². The van der Waals surface area contributed by atoms with E-state index in [2.05, 4.69) is 5.32 Å². The number of benzene rings is 5. The molecule has 0 unspecified atom stereocenters. The molecule has 224 valence electrons. The van der Waals surface area contributed by atoms with Gasteiger partial charge in [-0.25, -0.2) is 9.59 Å². The zero-order valence-electron chi connectivity index (χ0n) is 24.3. The van der Waals surface area contributed by atoms with E-state index in [-0.39, 0.29) is 12.5 Å². The maximum atomic E-state index is 13.6. The minimum atomic E-state index is -1.58. The zero-order valence-corrected chi connectivity index (χ0v) is 24.3. The number of ether oxygens (including phenoxy) is 2. The van der Waals surface area contributed by atoms with Gasteiger partial charge in [-0.2, -0.15) is 0 Å². The predicted octanol–water partition coefficient (Wildman–Crippen LogP) is 6.90. The number of rotatable bonds is 10. The van der Waals surface area contributed by atoms with Crippen LogP contribution in [0.25, 0.3) is 11.1 Å². The Bertz CT molecular complexity index is 1660. The summed E-state index contributed by atoms with van der Waals surface area (Å²) in [6.45, 7) is 0.00970. The van der Waals surface area contributed by atoms with Crippen LogP contribution in [0, 0.1) is 0 Å². The number of carbonyl (C=O) groups excluding carboxylic acids is 2. The number of alkyl carbamates (subject to hydrolysis) is 1. The topological polar surface area (TPSA) is 102 Å². The van der Waals surface area contributed by atoms with Gasteiger partial charge in [0.25, 0.3) is 0 Å². The Balaban J connectivity index is 1.21. The zero-order chi connectivity index (χ0) is 31.2. The molecule has 0 aliphatic heterocycles. The average Bonchev–Trinajstić information content (AvgIpc) is 3.40. The van der Waals surface area contributed by atoms with Gasteiger partial charge >= 0.3 is 18.0 Å². The number of carboxylic acids is 1. The minimum Gasteiger partial charge on any atom is -0.480 e. The monoisotopic (exact) mass is 597 g/mol. The number of carbonyl (C=O) groups is 3. The molecule has 0 spiro atoms. The Hall–Kier alpha value is -5.69. The fourth-order valence-electron chi connectivity index (χ4n) is 6.06.